The second-order valence-electron chi connectivity index (χ2n) is 5.28. The van der Waals surface area contributed by atoms with Gasteiger partial charge in [0.05, 0.1) is 11.1 Å². The number of carbonyl (C=O) groups excluding carboxylic acids is 1. The topological polar surface area (TPSA) is 104 Å². The van der Waals surface area contributed by atoms with Crippen LogP contribution in [0.4, 0.5) is 4.79 Å². The Labute approximate surface area is 129 Å². The summed E-state index contributed by atoms with van der Waals surface area (Å²) in [6.45, 7) is 3.56. The quantitative estimate of drug-likeness (QED) is 0.741. The number of carbonyl (C=O) groups is 2. The highest BCUT2D eigenvalue weighted by Crippen LogP contribution is 2.32. The van der Waals surface area contributed by atoms with Crippen molar-refractivity contribution in [3.8, 4) is 0 Å². The summed E-state index contributed by atoms with van der Waals surface area (Å²) in [4.78, 5) is 24.9. The van der Waals surface area contributed by atoms with Gasteiger partial charge in [0.2, 0.25) is 0 Å². The van der Waals surface area contributed by atoms with Gasteiger partial charge in [-0.25, -0.2) is 18.0 Å². The van der Waals surface area contributed by atoms with Crippen LogP contribution in [0.5, 0.6) is 0 Å². The van der Waals surface area contributed by atoms with Gasteiger partial charge in [-0.15, -0.1) is 11.8 Å². The van der Waals surface area contributed by atoms with Crippen LogP contribution in [0.2, 0.25) is 0 Å². The van der Waals surface area contributed by atoms with Gasteiger partial charge < -0.3 is 10.4 Å². The fourth-order valence-corrected chi connectivity index (χ4v) is 4.78. The molecule has 1 saturated heterocycles. The molecule has 0 radical (unpaired) electrons. The van der Waals surface area contributed by atoms with Crippen molar-refractivity contribution < 1.29 is 23.1 Å². The van der Waals surface area contributed by atoms with Gasteiger partial charge >= 0.3 is 12.0 Å². The molecule has 0 saturated carbocycles. The molecule has 0 bridgehead atoms. The van der Waals surface area contributed by atoms with Crippen LogP contribution in [-0.2, 0) is 14.6 Å². The SMILES string of the molecule is CCCC1SCC(C(=O)O)N1C(=O)NC(C)CS(C)(=O)=O. The Balaban J connectivity index is 2.77. The molecule has 0 aromatic carbocycles. The monoisotopic (exact) mass is 338 g/mol. The first kappa shape index (κ1) is 18.1. The summed E-state index contributed by atoms with van der Waals surface area (Å²) in [6, 6.07) is -1.94. The summed E-state index contributed by atoms with van der Waals surface area (Å²) < 4.78 is 22.4. The van der Waals surface area contributed by atoms with Crippen LogP contribution in [-0.4, -0.2) is 65.6 Å². The maximum Gasteiger partial charge on any atom is 0.327 e. The number of carboxylic acid groups (broad SMARTS) is 1. The van der Waals surface area contributed by atoms with Gasteiger partial charge in [-0.05, 0) is 13.3 Å². The molecule has 2 N–H and O–H groups in total. The number of amides is 2. The molecule has 2 amide bonds. The molecular formula is C12H22N2O5S2. The molecule has 9 heteroatoms. The molecule has 3 unspecified atom stereocenters. The van der Waals surface area contributed by atoms with Crippen molar-refractivity contribution in [3.63, 3.8) is 0 Å². The number of nitrogens with zero attached hydrogens (tertiary/aromatic N) is 1. The van der Waals surface area contributed by atoms with Crippen molar-refractivity contribution in [3.05, 3.63) is 0 Å². The van der Waals surface area contributed by atoms with Crippen molar-refractivity contribution in [2.45, 2.75) is 44.1 Å². The van der Waals surface area contributed by atoms with E-state index in [1.807, 2.05) is 6.92 Å². The third-order valence-electron chi connectivity index (χ3n) is 3.07. The zero-order valence-electron chi connectivity index (χ0n) is 12.4. The smallest absolute Gasteiger partial charge is 0.327 e. The Morgan fingerprint density at radius 3 is 2.57 bits per heavy atom. The molecule has 1 aliphatic rings. The lowest BCUT2D eigenvalue weighted by Gasteiger charge is -2.28. The average Bonchev–Trinajstić information content (AvgIpc) is 2.70. The number of aliphatic carboxylic acids is 1. The highest BCUT2D eigenvalue weighted by atomic mass is 32.2. The summed E-state index contributed by atoms with van der Waals surface area (Å²) in [5.41, 5.74) is 0. The van der Waals surface area contributed by atoms with E-state index >= 15 is 0 Å². The number of thioether (sulfide) groups is 1. The van der Waals surface area contributed by atoms with E-state index in [0.717, 1.165) is 12.7 Å². The van der Waals surface area contributed by atoms with E-state index < -0.39 is 33.9 Å². The highest BCUT2D eigenvalue weighted by Gasteiger charge is 2.41. The number of sulfone groups is 1. The Morgan fingerprint density at radius 2 is 2.10 bits per heavy atom. The lowest BCUT2D eigenvalue weighted by atomic mass is 10.2. The minimum absolute atomic E-state index is 0.171. The predicted molar refractivity (Wildman–Crippen MR) is 82.1 cm³/mol. The van der Waals surface area contributed by atoms with Crippen LogP contribution in [0.1, 0.15) is 26.7 Å². The van der Waals surface area contributed by atoms with Gasteiger partial charge in [-0.1, -0.05) is 13.3 Å². The largest absolute Gasteiger partial charge is 0.480 e. The second-order valence-corrected chi connectivity index (χ2v) is 8.68. The number of hydrogen-bond donors (Lipinski definition) is 2. The Hall–Kier alpha value is -0.960. The normalized spacial score (nSPS) is 23.9. The fraction of sp³-hybridized carbons (Fsp3) is 0.833. The Bertz CT molecular complexity index is 494. The second kappa shape index (κ2) is 7.35. The summed E-state index contributed by atoms with van der Waals surface area (Å²) in [6.07, 6.45) is 2.65. The standard InChI is InChI=1S/C12H22N2O5S2/c1-4-5-10-14(9(6-20-10)11(15)16)12(17)13-8(2)7-21(3,18)19/h8-10H,4-7H2,1-3H3,(H,13,17)(H,15,16). The van der Waals surface area contributed by atoms with Crippen LogP contribution in [0.3, 0.4) is 0 Å². The molecule has 1 rings (SSSR count). The van der Waals surface area contributed by atoms with E-state index in [0.29, 0.717) is 12.2 Å². The van der Waals surface area contributed by atoms with E-state index in [1.54, 1.807) is 6.92 Å². The summed E-state index contributed by atoms with van der Waals surface area (Å²) in [5, 5.41) is 11.6. The van der Waals surface area contributed by atoms with E-state index in [-0.39, 0.29) is 11.1 Å². The van der Waals surface area contributed by atoms with Crippen molar-refractivity contribution in [2.24, 2.45) is 0 Å². The van der Waals surface area contributed by atoms with Crippen molar-refractivity contribution in [2.75, 3.05) is 17.8 Å². The molecule has 1 aliphatic heterocycles. The average molecular weight is 338 g/mol. The number of carboxylic acids is 1. The molecule has 0 aliphatic carbocycles. The third-order valence-corrected chi connectivity index (χ3v) is 5.53. The summed E-state index contributed by atoms with van der Waals surface area (Å²) in [5.74, 6) is -0.851. The van der Waals surface area contributed by atoms with Crippen LogP contribution >= 0.6 is 11.8 Å². The molecule has 0 aromatic heterocycles. The molecule has 0 aromatic rings. The number of hydrogen-bond acceptors (Lipinski definition) is 5. The maximum atomic E-state index is 12.3. The molecule has 21 heavy (non-hydrogen) atoms. The Kier molecular flexibility index (Phi) is 6.33. The van der Waals surface area contributed by atoms with Gasteiger partial charge in [0.1, 0.15) is 15.9 Å². The minimum Gasteiger partial charge on any atom is -0.480 e. The lowest BCUT2D eigenvalue weighted by molar-refractivity contribution is -0.141. The van der Waals surface area contributed by atoms with Gasteiger partial charge in [0, 0.05) is 18.1 Å². The van der Waals surface area contributed by atoms with E-state index in [2.05, 4.69) is 5.32 Å². The predicted octanol–water partition coefficient (Wildman–Crippen LogP) is 0.757. The van der Waals surface area contributed by atoms with Gasteiger partial charge in [-0.2, -0.15) is 0 Å². The van der Waals surface area contributed by atoms with Crippen molar-refractivity contribution in [1.29, 1.82) is 0 Å². The number of urea groups is 1. The first-order valence-electron chi connectivity index (χ1n) is 6.76. The van der Waals surface area contributed by atoms with Crippen LogP contribution in [0.15, 0.2) is 0 Å². The molecule has 1 fully saturated rings. The molecule has 7 nitrogen and oxygen atoms in total. The third kappa shape index (κ3) is 5.39. The van der Waals surface area contributed by atoms with E-state index in [9.17, 15) is 23.1 Å². The van der Waals surface area contributed by atoms with Crippen LogP contribution in [0.25, 0.3) is 0 Å². The molecule has 0 spiro atoms. The van der Waals surface area contributed by atoms with Gasteiger partial charge in [-0.3, -0.25) is 4.90 Å². The molecule has 3 atom stereocenters. The van der Waals surface area contributed by atoms with E-state index in [4.69, 9.17) is 0 Å². The summed E-state index contributed by atoms with van der Waals surface area (Å²) >= 11 is 1.45. The van der Waals surface area contributed by atoms with Crippen molar-refractivity contribution >= 4 is 33.6 Å². The number of rotatable bonds is 6. The molecular weight excluding hydrogens is 316 g/mol. The maximum absolute atomic E-state index is 12.3. The lowest BCUT2D eigenvalue weighted by Crippen LogP contribution is -2.52. The zero-order valence-corrected chi connectivity index (χ0v) is 14.0. The highest BCUT2D eigenvalue weighted by molar-refractivity contribution is 8.00. The van der Waals surface area contributed by atoms with Gasteiger partial charge in [0.25, 0.3) is 0 Å². The van der Waals surface area contributed by atoms with Gasteiger partial charge in [0.15, 0.2) is 0 Å². The van der Waals surface area contributed by atoms with Crippen LogP contribution < -0.4 is 5.32 Å². The first-order chi connectivity index (χ1) is 9.65. The number of nitrogens with one attached hydrogen (secondary N) is 1. The zero-order chi connectivity index (χ0) is 16.2. The van der Waals surface area contributed by atoms with E-state index in [1.165, 1.54) is 16.7 Å². The first-order valence-corrected chi connectivity index (χ1v) is 9.87. The molecule has 1 heterocycles. The summed E-state index contributed by atoms with van der Waals surface area (Å²) in [7, 11) is -3.20. The molecule has 122 valence electrons. The van der Waals surface area contributed by atoms with Crippen molar-refractivity contribution in [1.82, 2.24) is 10.2 Å². The van der Waals surface area contributed by atoms with Crippen LogP contribution in [0, 0.1) is 0 Å². The minimum atomic E-state index is -3.20. The fourth-order valence-electron chi connectivity index (χ4n) is 2.28. The Morgan fingerprint density at radius 1 is 1.48 bits per heavy atom.